The first-order chi connectivity index (χ1) is 7.06. The second kappa shape index (κ2) is 5.38. The summed E-state index contributed by atoms with van der Waals surface area (Å²) in [6.07, 6.45) is 0.233. The number of benzene rings is 1. The average molecular weight is 247 g/mol. The number of carbonyl (C=O) groups excluding carboxylic acids is 1. The molecular formula is C11H12Cl2O2. The summed E-state index contributed by atoms with van der Waals surface area (Å²) in [5.74, 6) is -0.251. The first-order valence-electron chi connectivity index (χ1n) is 4.65. The topological polar surface area (TPSA) is 26.3 Å². The van der Waals surface area contributed by atoms with Crippen molar-refractivity contribution in [1.82, 2.24) is 0 Å². The van der Waals surface area contributed by atoms with Gasteiger partial charge >= 0.3 is 5.97 Å². The number of carbonyl (C=O) groups is 1. The highest BCUT2D eigenvalue weighted by atomic mass is 35.5. The van der Waals surface area contributed by atoms with Gasteiger partial charge in [0.25, 0.3) is 0 Å². The standard InChI is InChI=1S/C11H12Cl2O2/c1-3-15-10(14)6-8-4-5-9(12)11(13)7(8)2/h4-5H,3,6H2,1-2H3. The normalized spacial score (nSPS) is 10.1. The van der Waals surface area contributed by atoms with E-state index >= 15 is 0 Å². The molecular weight excluding hydrogens is 235 g/mol. The Kier molecular flexibility index (Phi) is 4.43. The van der Waals surface area contributed by atoms with E-state index in [1.807, 2.05) is 6.92 Å². The van der Waals surface area contributed by atoms with Crippen molar-refractivity contribution >= 4 is 29.2 Å². The first-order valence-corrected chi connectivity index (χ1v) is 5.41. The maximum absolute atomic E-state index is 11.3. The third-order valence-electron chi connectivity index (χ3n) is 2.09. The fraction of sp³-hybridized carbons (Fsp3) is 0.364. The zero-order chi connectivity index (χ0) is 11.4. The highest BCUT2D eigenvalue weighted by Crippen LogP contribution is 2.28. The van der Waals surface area contributed by atoms with Gasteiger partial charge in [0, 0.05) is 0 Å². The molecule has 0 amide bonds. The summed E-state index contributed by atoms with van der Waals surface area (Å²) in [5.41, 5.74) is 1.68. The van der Waals surface area contributed by atoms with E-state index in [2.05, 4.69) is 0 Å². The van der Waals surface area contributed by atoms with Gasteiger partial charge in [-0.3, -0.25) is 4.79 Å². The highest BCUT2D eigenvalue weighted by molar-refractivity contribution is 6.42. The lowest BCUT2D eigenvalue weighted by atomic mass is 10.1. The van der Waals surface area contributed by atoms with Crippen LogP contribution in [0.15, 0.2) is 12.1 Å². The minimum Gasteiger partial charge on any atom is -0.466 e. The molecule has 0 spiro atoms. The predicted molar refractivity (Wildman–Crippen MR) is 61.5 cm³/mol. The largest absolute Gasteiger partial charge is 0.466 e. The maximum atomic E-state index is 11.3. The van der Waals surface area contributed by atoms with Crippen LogP contribution in [-0.2, 0) is 16.0 Å². The van der Waals surface area contributed by atoms with Crippen LogP contribution in [0.25, 0.3) is 0 Å². The summed E-state index contributed by atoms with van der Waals surface area (Å²) in [4.78, 5) is 11.3. The summed E-state index contributed by atoms with van der Waals surface area (Å²) in [7, 11) is 0. The molecule has 0 saturated carbocycles. The summed E-state index contributed by atoms with van der Waals surface area (Å²) < 4.78 is 4.86. The second-order valence-electron chi connectivity index (χ2n) is 3.13. The fourth-order valence-electron chi connectivity index (χ4n) is 1.25. The number of rotatable bonds is 3. The summed E-state index contributed by atoms with van der Waals surface area (Å²) in [6.45, 7) is 4.00. The van der Waals surface area contributed by atoms with Gasteiger partial charge in [0.2, 0.25) is 0 Å². The molecule has 15 heavy (non-hydrogen) atoms. The van der Waals surface area contributed by atoms with Crippen LogP contribution >= 0.6 is 23.2 Å². The Hall–Kier alpha value is -0.730. The van der Waals surface area contributed by atoms with Gasteiger partial charge in [-0.25, -0.2) is 0 Å². The van der Waals surface area contributed by atoms with E-state index < -0.39 is 0 Å². The lowest BCUT2D eigenvalue weighted by Gasteiger charge is -2.08. The molecule has 0 atom stereocenters. The molecule has 1 aromatic rings. The van der Waals surface area contributed by atoms with Gasteiger partial charge in [-0.2, -0.15) is 0 Å². The smallest absolute Gasteiger partial charge is 0.310 e. The highest BCUT2D eigenvalue weighted by Gasteiger charge is 2.10. The van der Waals surface area contributed by atoms with Crippen LogP contribution in [0, 0.1) is 6.92 Å². The Morgan fingerprint density at radius 2 is 2.07 bits per heavy atom. The molecule has 0 aliphatic rings. The Morgan fingerprint density at radius 3 is 2.67 bits per heavy atom. The molecule has 0 aromatic heterocycles. The zero-order valence-electron chi connectivity index (χ0n) is 8.64. The molecule has 82 valence electrons. The van der Waals surface area contributed by atoms with Gasteiger partial charge in [0.15, 0.2) is 0 Å². The van der Waals surface area contributed by atoms with Gasteiger partial charge in [-0.1, -0.05) is 29.3 Å². The molecule has 0 fully saturated rings. The number of hydrogen-bond donors (Lipinski definition) is 0. The third-order valence-corrected chi connectivity index (χ3v) is 2.99. The third kappa shape index (κ3) is 3.11. The molecule has 0 saturated heterocycles. The van der Waals surface area contributed by atoms with Crippen LogP contribution in [0.4, 0.5) is 0 Å². The lowest BCUT2D eigenvalue weighted by molar-refractivity contribution is -0.142. The second-order valence-corrected chi connectivity index (χ2v) is 3.91. The minimum absolute atomic E-state index is 0.233. The van der Waals surface area contributed by atoms with Crippen molar-refractivity contribution in [3.63, 3.8) is 0 Å². The first kappa shape index (κ1) is 12.3. The molecule has 2 nitrogen and oxygen atoms in total. The Bertz CT molecular complexity index is 375. The van der Waals surface area contributed by atoms with Gasteiger partial charge in [-0.05, 0) is 31.0 Å². The SMILES string of the molecule is CCOC(=O)Cc1ccc(Cl)c(Cl)c1C. The average Bonchev–Trinajstić information content (AvgIpc) is 2.20. The number of esters is 1. The molecule has 0 aliphatic carbocycles. The van der Waals surface area contributed by atoms with Crippen molar-refractivity contribution in [3.05, 3.63) is 33.3 Å². The molecule has 1 rings (SSSR count). The van der Waals surface area contributed by atoms with Crippen molar-refractivity contribution in [2.24, 2.45) is 0 Å². The van der Waals surface area contributed by atoms with Crippen LogP contribution in [0.2, 0.25) is 10.0 Å². The summed E-state index contributed by atoms with van der Waals surface area (Å²) in [6, 6.07) is 3.48. The molecule has 0 aliphatic heterocycles. The Labute approximate surface area is 99.1 Å². The number of hydrogen-bond acceptors (Lipinski definition) is 2. The molecule has 0 radical (unpaired) electrons. The zero-order valence-corrected chi connectivity index (χ0v) is 10.2. The summed E-state index contributed by atoms with van der Waals surface area (Å²) >= 11 is 11.8. The van der Waals surface area contributed by atoms with Gasteiger partial charge in [0.05, 0.1) is 23.1 Å². The van der Waals surface area contributed by atoms with Crippen molar-refractivity contribution in [2.75, 3.05) is 6.61 Å². The monoisotopic (exact) mass is 246 g/mol. The van der Waals surface area contributed by atoms with E-state index in [4.69, 9.17) is 27.9 Å². The molecule has 0 unspecified atom stereocenters. The Balaban J connectivity index is 2.87. The van der Waals surface area contributed by atoms with Gasteiger partial charge in [0.1, 0.15) is 0 Å². The van der Waals surface area contributed by atoms with Crippen LogP contribution < -0.4 is 0 Å². The summed E-state index contributed by atoms with van der Waals surface area (Å²) in [5, 5.41) is 1.00. The van der Waals surface area contributed by atoms with E-state index in [1.165, 1.54) is 0 Å². The van der Waals surface area contributed by atoms with Crippen LogP contribution in [0.5, 0.6) is 0 Å². The molecule has 4 heteroatoms. The fourth-order valence-corrected chi connectivity index (χ4v) is 1.64. The van der Waals surface area contributed by atoms with Crippen molar-refractivity contribution in [2.45, 2.75) is 20.3 Å². The minimum atomic E-state index is -0.251. The van der Waals surface area contributed by atoms with E-state index in [9.17, 15) is 4.79 Å². The quantitative estimate of drug-likeness (QED) is 0.765. The van der Waals surface area contributed by atoms with E-state index in [0.29, 0.717) is 16.7 Å². The molecule has 1 aromatic carbocycles. The van der Waals surface area contributed by atoms with Gasteiger partial charge in [-0.15, -0.1) is 0 Å². The predicted octanol–water partition coefficient (Wildman–Crippen LogP) is 3.41. The van der Waals surface area contributed by atoms with E-state index in [1.54, 1.807) is 19.1 Å². The van der Waals surface area contributed by atoms with Gasteiger partial charge < -0.3 is 4.74 Å². The van der Waals surface area contributed by atoms with Crippen LogP contribution in [-0.4, -0.2) is 12.6 Å². The maximum Gasteiger partial charge on any atom is 0.310 e. The number of halogens is 2. The molecule has 0 heterocycles. The van der Waals surface area contributed by atoms with Crippen molar-refractivity contribution in [3.8, 4) is 0 Å². The van der Waals surface area contributed by atoms with E-state index in [-0.39, 0.29) is 12.4 Å². The van der Waals surface area contributed by atoms with Crippen LogP contribution in [0.3, 0.4) is 0 Å². The molecule has 0 N–H and O–H groups in total. The molecule has 0 bridgehead atoms. The van der Waals surface area contributed by atoms with Crippen LogP contribution in [0.1, 0.15) is 18.1 Å². The number of ether oxygens (including phenoxy) is 1. The van der Waals surface area contributed by atoms with Crippen molar-refractivity contribution in [1.29, 1.82) is 0 Å². The Morgan fingerprint density at radius 1 is 1.40 bits per heavy atom. The van der Waals surface area contributed by atoms with E-state index in [0.717, 1.165) is 11.1 Å². The lowest BCUT2D eigenvalue weighted by Crippen LogP contribution is -2.08. The van der Waals surface area contributed by atoms with Crippen molar-refractivity contribution < 1.29 is 9.53 Å².